The minimum Gasteiger partial charge on any atom is -0.384 e. The van der Waals surface area contributed by atoms with E-state index >= 15 is 0 Å². The van der Waals surface area contributed by atoms with Crippen molar-refractivity contribution in [3.8, 4) is 0 Å². The first kappa shape index (κ1) is 17.8. The Morgan fingerprint density at radius 3 is 1.86 bits per heavy atom. The molecule has 0 saturated carbocycles. The van der Waals surface area contributed by atoms with E-state index in [-0.39, 0.29) is 5.56 Å². The smallest absolute Gasteiger partial charge is 0.384 e. The van der Waals surface area contributed by atoms with Crippen LogP contribution in [-0.2, 0) is 11.2 Å². The Morgan fingerprint density at radius 2 is 1.48 bits per heavy atom. The van der Waals surface area contributed by atoms with Crippen LogP contribution in [0, 0.1) is 5.92 Å². The van der Waals surface area contributed by atoms with Gasteiger partial charge >= 0.3 is 12.4 Å². The first-order valence-corrected chi connectivity index (χ1v) is 6.04. The van der Waals surface area contributed by atoms with Crippen molar-refractivity contribution in [2.24, 2.45) is 11.7 Å². The molecule has 21 heavy (non-hydrogen) atoms. The Morgan fingerprint density at radius 1 is 1.00 bits per heavy atom. The van der Waals surface area contributed by atoms with E-state index in [9.17, 15) is 26.3 Å². The zero-order valence-electron chi connectivity index (χ0n) is 11.1. The van der Waals surface area contributed by atoms with Crippen LogP contribution in [0.15, 0.2) is 24.3 Å². The van der Waals surface area contributed by atoms with Crippen molar-refractivity contribution in [2.45, 2.75) is 24.8 Å². The third kappa shape index (κ3) is 4.89. The second-order valence-electron chi connectivity index (χ2n) is 4.57. The maximum absolute atomic E-state index is 12.6. The highest BCUT2D eigenvalue weighted by molar-refractivity contribution is 5.26. The Hall–Kier alpha value is -1.28. The number of ether oxygens (including phenoxy) is 1. The highest BCUT2D eigenvalue weighted by Crippen LogP contribution is 2.45. The number of alkyl halides is 6. The highest BCUT2D eigenvalue weighted by Gasteiger charge is 2.59. The fraction of sp³-hybridized carbons (Fsp3) is 0.538. The molecule has 0 aliphatic carbocycles. The summed E-state index contributed by atoms with van der Waals surface area (Å²) in [7, 11) is 1.49. The van der Waals surface area contributed by atoms with E-state index in [0.717, 1.165) is 5.56 Å². The van der Waals surface area contributed by atoms with E-state index in [1.54, 1.807) is 0 Å². The SMILES string of the molecule is COCCc1ccc(C(N)C(C(F)(F)F)C(F)(F)F)cc1. The number of hydrogen-bond donors (Lipinski definition) is 1. The molecule has 0 aliphatic heterocycles. The molecule has 1 rings (SSSR count). The third-order valence-corrected chi connectivity index (χ3v) is 3.02. The van der Waals surface area contributed by atoms with E-state index < -0.39 is 24.3 Å². The summed E-state index contributed by atoms with van der Waals surface area (Å²) >= 11 is 0. The lowest BCUT2D eigenvalue weighted by Crippen LogP contribution is -2.43. The van der Waals surface area contributed by atoms with E-state index in [1.165, 1.54) is 31.4 Å². The fourth-order valence-corrected chi connectivity index (χ4v) is 1.91. The van der Waals surface area contributed by atoms with Gasteiger partial charge in [0.25, 0.3) is 0 Å². The molecule has 0 saturated heterocycles. The normalized spacial score (nSPS) is 14.5. The lowest BCUT2D eigenvalue weighted by Gasteiger charge is -2.28. The summed E-state index contributed by atoms with van der Waals surface area (Å²) in [6.07, 6.45) is -10.4. The average Bonchev–Trinajstić information content (AvgIpc) is 2.33. The van der Waals surface area contributed by atoms with Crippen LogP contribution in [0.1, 0.15) is 17.2 Å². The number of methoxy groups -OCH3 is 1. The average molecular weight is 315 g/mol. The lowest BCUT2D eigenvalue weighted by atomic mass is 9.92. The fourth-order valence-electron chi connectivity index (χ4n) is 1.91. The van der Waals surface area contributed by atoms with Gasteiger partial charge in [-0.25, -0.2) is 0 Å². The second-order valence-corrected chi connectivity index (χ2v) is 4.57. The predicted octanol–water partition coefficient (Wildman–Crippen LogP) is 3.62. The molecule has 0 fully saturated rings. The molecule has 0 aliphatic rings. The Kier molecular flexibility index (Phi) is 5.63. The monoisotopic (exact) mass is 315 g/mol. The summed E-state index contributed by atoms with van der Waals surface area (Å²) in [5.74, 6) is -3.59. The molecule has 2 N–H and O–H groups in total. The van der Waals surface area contributed by atoms with E-state index in [2.05, 4.69) is 0 Å². The first-order chi connectivity index (χ1) is 9.57. The number of hydrogen-bond acceptors (Lipinski definition) is 2. The van der Waals surface area contributed by atoms with Crippen molar-refractivity contribution in [3.05, 3.63) is 35.4 Å². The van der Waals surface area contributed by atoms with Crippen LogP contribution < -0.4 is 5.73 Å². The van der Waals surface area contributed by atoms with Gasteiger partial charge in [-0.05, 0) is 17.5 Å². The first-order valence-electron chi connectivity index (χ1n) is 6.04. The van der Waals surface area contributed by atoms with Crippen LogP contribution >= 0.6 is 0 Å². The molecule has 0 amide bonds. The maximum Gasteiger partial charge on any atom is 0.402 e. The van der Waals surface area contributed by atoms with Gasteiger partial charge < -0.3 is 10.5 Å². The molecule has 0 aromatic heterocycles. The molecular formula is C13H15F6NO. The van der Waals surface area contributed by atoms with Crippen LogP contribution in [-0.4, -0.2) is 26.1 Å². The van der Waals surface area contributed by atoms with Crippen LogP contribution in [0.5, 0.6) is 0 Å². The van der Waals surface area contributed by atoms with Gasteiger partial charge in [0.05, 0.1) is 12.6 Å². The Bertz CT molecular complexity index is 425. The summed E-state index contributed by atoms with van der Waals surface area (Å²) in [4.78, 5) is 0. The van der Waals surface area contributed by atoms with Crippen molar-refractivity contribution in [2.75, 3.05) is 13.7 Å². The Balaban J connectivity index is 2.97. The molecule has 0 spiro atoms. The highest BCUT2D eigenvalue weighted by atomic mass is 19.4. The summed E-state index contributed by atoms with van der Waals surface area (Å²) in [5.41, 5.74) is 5.72. The summed E-state index contributed by atoms with van der Waals surface area (Å²) < 4.78 is 80.3. The van der Waals surface area contributed by atoms with Gasteiger partial charge in [0.1, 0.15) is 0 Å². The van der Waals surface area contributed by atoms with Crippen molar-refractivity contribution in [1.29, 1.82) is 0 Å². The molecule has 8 heteroatoms. The molecule has 1 atom stereocenters. The second kappa shape index (κ2) is 6.65. The number of nitrogens with two attached hydrogens (primary N) is 1. The number of benzene rings is 1. The van der Waals surface area contributed by atoms with Gasteiger partial charge in [0.2, 0.25) is 0 Å². The largest absolute Gasteiger partial charge is 0.402 e. The molecule has 2 nitrogen and oxygen atoms in total. The molecule has 120 valence electrons. The lowest BCUT2D eigenvalue weighted by molar-refractivity contribution is -0.290. The summed E-state index contributed by atoms with van der Waals surface area (Å²) in [5, 5.41) is 0. The van der Waals surface area contributed by atoms with E-state index in [4.69, 9.17) is 10.5 Å². The van der Waals surface area contributed by atoms with Crippen LogP contribution in [0.25, 0.3) is 0 Å². The minimum absolute atomic E-state index is 0.212. The molecule has 0 heterocycles. The van der Waals surface area contributed by atoms with Crippen molar-refractivity contribution < 1.29 is 31.1 Å². The summed E-state index contributed by atoms with van der Waals surface area (Å²) in [6.45, 7) is 0.402. The van der Waals surface area contributed by atoms with Gasteiger partial charge in [0, 0.05) is 7.11 Å². The van der Waals surface area contributed by atoms with Gasteiger partial charge in [-0.2, -0.15) is 26.3 Å². The minimum atomic E-state index is -5.45. The molecule has 0 radical (unpaired) electrons. The van der Waals surface area contributed by atoms with Crippen LogP contribution in [0.4, 0.5) is 26.3 Å². The van der Waals surface area contributed by atoms with Gasteiger partial charge in [-0.1, -0.05) is 24.3 Å². The van der Waals surface area contributed by atoms with Gasteiger partial charge in [-0.3, -0.25) is 0 Å². The maximum atomic E-state index is 12.6. The molecule has 0 bridgehead atoms. The number of halogens is 6. The van der Waals surface area contributed by atoms with Crippen molar-refractivity contribution >= 4 is 0 Å². The summed E-state index contributed by atoms with van der Waals surface area (Å²) in [6, 6.07) is 3.05. The van der Waals surface area contributed by atoms with Crippen molar-refractivity contribution in [1.82, 2.24) is 0 Å². The molecule has 1 aromatic carbocycles. The van der Waals surface area contributed by atoms with E-state index in [1.807, 2.05) is 0 Å². The number of rotatable bonds is 5. The van der Waals surface area contributed by atoms with Gasteiger partial charge in [0.15, 0.2) is 5.92 Å². The van der Waals surface area contributed by atoms with Crippen LogP contribution in [0.3, 0.4) is 0 Å². The zero-order chi connectivity index (χ0) is 16.3. The predicted molar refractivity (Wildman–Crippen MR) is 64.6 cm³/mol. The topological polar surface area (TPSA) is 35.2 Å². The standard InChI is InChI=1S/C13H15F6NO/c1-21-7-6-8-2-4-9(5-3-8)10(20)11(12(14,15)16)13(17,18)19/h2-5,10-11H,6-7,20H2,1H3. The van der Waals surface area contributed by atoms with Crippen molar-refractivity contribution in [3.63, 3.8) is 0 Å². The molecule has 1 unspecified atom stereocenters. The quantitative estimate of drug-likeness (QED) is 0.842. The Labute approximate surface area is 117 Å². The third-order valence-electron chi connectivity index (χ3n) is 3.02. The van der Waals surface area contributed by atoms with E-state index in [0.29, 0.717) is 13.0 Å². The molecule has 1 aromatic rings. The van der Waals surface area contributed by atoms with Gasteiger partial charge in [-0.15, -0.1) is 0 Å². The zero-order valence-corrected chi connectivity index (χ0v) is 11.1. The van der Waals surface area contributed by atoms with Crippen LogP contribution in [0.2, 0.25) is 0 Å². The molecular weight excluding hydrogens is 300 g/mol.